The van der Waals surface area contributed by atoms with E-state index in [9.17, 15) is 13.2 Å². The number of hydrogen-bond acceptors (Lipinski definition) is 4. The average Bonchev–Trinajstić information content (AvgIpc) is 3.02. The Balaban J connectivity index is 1.64. The summed E-state index contributed by atoms with van der Waals surface area (Å²) < 4.78 is 23.8. The molecule has 0 bridgehead atoms. The molecule has 27 heavy (non-hydrogen) atoms. The van der Waals surface area contributed by atoms with Crippen LogP contribution < -0.4 is 0 Å². The summed E-state index contributed by atoms with van der Waals surface area (Å²) in [7, 11) is -3.00. The molecule has 0 radical (unpaired) electrons. The fourth-order valence-electron chi connectivity index (χ4n) is 4.04. The predicted octanol–water partition coefficient (Wildman–Crippen LogP) is 2.59. The summed E-state index contributed by atoms with van der Waals surface area (Å²) in [5, 5.41) is 0. The van der Waals surface area contributed by atoms with E-state index >= 15 is 0 Å². The smallest absolute Gasteiger partial charge is 0.237 e. The molecule has 2 atom stereocenters. The summed E-state index contributed by atoms with van der Waals surface area (Å²) in [6.45, 7) is 6.03. The maximum atomic E-state index is 13.0. The minimum Gasteiger partial charge on any atom is -0.335 e. The molecule has 5 nitrogen and oxygen atoms in total. The van der Waals surface area contributed by atoms with Gasteiger partial charge in [0.1, 0.15) is 0 Å². The van der Waals surface area contributed by atoms with Gasteiger partial charge in [-0.25, -0.2) is 8.42 Å². The van der Waals surface area contributed by atoms with Crippen LogP contribution in [0.1, 0.15) is 38.7 Å². The van der Waals surface area contributed by atoms with Crippen LogP contribution in [0.5, 0.6) is 0 Å². The van der Waals surface area contributed by atoms with Crippen LogP contribution in [-0.2, 0) is 14.6 Å². The molecular formula is C21H30N2O3S. The number of hydrogen-bond donors (Lipinski definition) is 0. The van der Waals surface area contributed by atoms with Crippen LogP contribution in [0.2, 0.25) is 0 Å². The molecule has 0 unspecified atom stereocenters. The largest absolute Gasteiger partial charge is 0.335 e. The molecule has 1 saturated heterocycles. The Hall–Kier alpha value is -1.66. The van der Waals surface area contributed by atoms with Gasteiger partial charge in [0, 0.05) is 25.2 Å². The van der Waals surface area contributed by atoms with Gasteiger partial charge < -0.3 is 4.90 Å². The van der Waals surface area contributed by atoms with Gasteiger partial charge >= 0.3 is 0 Å². The van der Waals surface area contributed by atoms with Crippen LogP contribution in [0, 0.1) is 0 Å². The maximum absolute atomic E-state index is 13.0. The molecule has 0 aliphatic carbocycles. The Morgan fingerprint density at radius 2 is 2.04 bits per heavy atom. The van der Waals surface area contributed by atoms with E-state index in [1.807, 2.05) is 36.9 Å². The van der Waals surface area contributed by atoms with Crippen molar-refractivity contribution in [3.63, 3.8) is 0 Å². The van der Waals surface area contributed by atoms with E-state index in [1.54, 1.807) is 0 Å². The standard InChI is InChI=1S/C21H30N2O3S/c1-3-17(2)23(20-11-14-27(25,26)16-20)21(24)15-22-12-9-19(10-13-22)18-7-5-4-6-8-18/h4-9,17,20H,3,10-16H2,1-2H3/t17-,20+/m0/s1. The summed E-state index contributed by atoms with van der Waals surface area (Å²) in [4.78, 5) is 17.0. The number of benzene rings is 1. The number of carbonyl (C=O) groups excluding carboxylic acids is 1. The lowest BCUT2D eigenvalue weighted by atomic mass is 9.99. The number of rotatable bonds is 6. The highest BCUT2D eigenvalue weighted by molar-refractivity contribution is 7.91. The molecule has 1 aromatic carbocycles. The third-order valence-electron chi connectivity index (χ3n) is 5.75. The van der Waals surface area contributed by atoms with Gasteiger partial charge in [-0.15, -0.1) is 0 Å². The summed E-state index contributed by atoms with van der Waals surface area (Å²) in [5.74, 6) is 0.370. The van der Waals surface area contributed by atoms with Crippen molar-refractivity contribution in [2.45, 2.75) is 45.2 Å². The van der Waals surface area contributed by atoms with E-state index in [0.29, 0.717) is 13.0 Å². The molecule has 1 aromatic rings. The molecule has 0 saturated carbocycles. The Kier molecular flexibility index (Phi) is 6.37. The lowest BCUT2D eigenvalue weighted by molar-refractivity contribution is -0.136. The van der Waals surface area contributed by atoms with Crippen LogP contribution in [-0.4, -0.2) is 67.3 Å². The highest BCUT2D eigenvalue weighted by Gasteiger charge is 2.36. The average molecular weight is 391 g/mol. The summed E-state index contributed by atoms with van der Waals surface area (Å²) in [5.41, 5.74) is 2.58. The molecule has 2 heterocycles. The third-order valence-corrected chi connectivity index (χ3v) is 7.50. The molecule has 1 fully saturated rings. The van der Waals surface area contributed by atoms with Crippen LogP contribution in [0.15, 0.2) is 36.4 Å². The van der Waals surface area contributed by atoms with Crippen molar-refractivity contribution in [3.05, 3.63) is 42.0 Å². The van der Waals surface area contributed by atoms with Crippen molar-refractivity contribution in [1.29, 1.82) is 0 Å². The van der Waals surface area contributed by atoms with E-state index < -0.39 is 9.84 Å². The van der Waals surface area contributed by atoms with Crippen molar-refractivity contribution in [3.8, 4) is 0 Å². The molecule has 0 aromatic heterocycles. The second kappa shape index (κ2) is 8.57. The first kappa shape index (κ1) is 20.1. The highest BCUT2D eigenvalue weighted by Crippen LogP contribution is 2.24. The van der Waals surface area contributed by atoms with Crippen LogP contribution >= 0.6 is 0 Å². The molecule has 0 spiro atoms. The van der Waals surface area contributed by atoms with Gasteiger partial charge in [0.2, 0.25) is 5.91 Å². The first-order chi connectivity index (χ1) is 12.9. The molecule has 3 rings (SSSR count). The molecule has 6 heteroatoms. The Labute approximate surface area is 163 Å². The van der Waals surface area contributed by atoms with Gasteiger partial charge in [0.25, 0.3) is 0 Å². The van der Waals surface area contributed by atoms with Crippen LogP contribution in [0.4, 0.5) is 0 Å². The van der Waals surface area contributed by atoms with E-state index in [4.69, 9.17) is 0 Å². The topological polar surface area (TPSA) is 57.7 Å². The third kappa shape index (κ3) is 4.99. The summed E-state index contributed by atoms with van der Waals surface area (Å²) in [6.07, 6.45) is 4.54. The maximum Gasteiger partial charge on any atom is 0.237 e. The second-order valence-corrected chi connectivity index (χ2v) is 9.92. The SMILES string of the molecule is CC[C@H](C)N(C(=O)CN1CC=C(c2ccccc2)CC1)[C@@H]1CCS(=O)(=O)C1. The number of amides is 1. The quantitative estimate of drug-likeness (QED) is 0.749. The van der Waals surface area contributed by atoms with Crippen LogP contribution in [0.3, 0.4) is 0 Å². The predicted molar refractivity (Wildman–Crippen MR) is 109 cm³/mol. The number of carbonyl (C=O) groups is 1. The van der Waals surface area contributed by atoms with Gasteiger partial charge in [-0.2, -0.15) is 0 Å². The summed E-state index contributed by atoms with van der Waals surface area (Å²) in [6, 6.07) is 10.3. The van der Waals surface area contributed by atoms with Crippen LogP contribution in [0.25, 0.3) is 5.57 Å². The fourth-order valence-corrected chi connectivity index (χ4v) is 5.75. The molecule has 148 valence electrons. The first-order valence-corrected chi connectivity index (χ1v) is 11.7. The van der Waals surface area contributed by atoms with Crippen molar-refractivity contribution < 1.29 is 13.2 Å². The zero-order chi connectivity index (χ0) is 19.4. The van der Waals surface area contributed by atoms with Gasteiger partial charge in [-0.3, -0.25) is 9.69 Å². The Bertz CT molecular complexity index is 789. The van der Waals surface area contributed by atoms with E-state index in [0.717, 1.165) is 25.9 Å². The molecule has 1 amide bonds. The lowest BCUT2D eigenvalue weighted by Crippen LogP contribution is -2.50. The van der Waals surface area contributed by atoms with Crippen molar-refractivity contribution in [2.24, 2.45) is 0 Å². The number of sulfone groups is 1. The monoisotopic (exact) mass is 390 g/mol. The summed E-state index contributed by atoms with van der Waals surface area (Å²) >= 11 is 0. The molecule has 2 aliphatic heterocycles. The zero-order valence-electron chi connectivity index (χ0n) is 16.3. The minimum atomic E-state index is -3.00. The highest BCUT2D eigenvalue weighted by atomic mass is 32.2. The molecule has 0 N–H and O–H groups in total. The van der Waals surface area contributed by atoms with Gasteiger partial charge in [0.05, 0.1) is 18.1 Å². The first-order valence-electron chi connectivity index (χ1n) is 9.88. The normalized spacial score (nSPS) is 23.6. The van der Waals surface area contributed by atoms with Crippen molar-refractivity contribution >= 4 is 21.3 Å². The second-order valence-electron chi connectivity index (χ2n) is 7.70. The van der Waals surface area contributed by atoms with E-state index in [1.165, 1.54) is 11.1 Å². The Morgan fingerprint density at radius 1 is 1.30 bits per heavy atom. The zero-order valence-corrected chi connectivity index (χ0v) is 17.1. The van der Waals surface area contributed by atoms with E-state index in [2.05, 4.69) is 23.1 Å². The van der Waals surface area contributed by atoms with Crippen molar-refractivity contribution in [1.82, 2.24) is 9.80 Å². The van der Waals surface area contributed by atoms with Gasteiger partial charge in [0.15, 0.2) is 9.84 Å². The molecule has 2 aliphatic rings. The Morgan fingerprint density at radius 3 is 2.59 bits per heavy atom. The van der Waals surface area contributed by atoms with E-state index in [-0.39, 0.29) is 29.5 Å². The molecular weight excluding hydrogens is 360 g/mol. The fraction of sp³-hybridized carbons (Fsp3) is 0.571. The van der Waals surface area contributed by atoms with Crippen molar-refractivity contribution in [2.75, 3.05) is 31.1 Å². The van der Waals surface area contributed by atoms with Gasteiger partial charge in [-0.1, -0.05) is 43.3 Å². The lowest BCUT2D eigenvalue weighted by Gasteiger charge is -2.36. The number of nitrogens with zero attached hydrogens (tertiary/aromatic N) is 2. The van der Waals surface area contributed by atoms with Gasteiger partial charge in [-0.05, 0) is 37.3 Å². The minimum absolute atomic E-state index is 0.0583.